The van der Waals surface area contributed by atoms with Gasteiger partial charge in [0.2, 0.25) is 0 Å². The minimum Gasteiger partial charge on any atom is -0.444 e. The van der Waals surface area contributed by atoms with Gasteiger partial charge < -0.3 is 41.0 Å². The van der Waals surface area contributed by atoms with Gasteiger partial charge in [0.05, 0.1) is 5.56 Å². The van der Waals surface area contributed by atoms with Gasteiger partial charge in [0.1, 0.15) is 28.7 Å². The molecule has 464 valence electrons. The van der Waals surface area contributed by atoms with Crippen molar-refractivity contribution in [3.63, 3.8) is 0 Å². The van der Waals surface area contributed by atoms with Crippen molar-refractivity contribution in [2.45, 2.75) is 160 Å². The molecule has 6 aromatic carbocycles. The Hall–Kier alpha value is -6.84. The average molecular weight is 1190 g/mol. The number of halogens is 3. The van der Waals surface area contributed by atoms with Crippen LogP contribution in [0.4, 0.5) is 22.8 Å². The van der Waals surface area contributed by atoms with E-state index in [-0.39, 0.29) is 52.3 Å². The maximum Gasteiger partial charge on any atom is 0.410 e. The zero-order valence-corrected chi connectivity index (χ0v) is 51.8. The van der Waals surface area contributed by atoms with E-state index in [2.05, 4.69) is 94.8 Å². The Labute approximate surface area is 514 Å². The van der Waals surface area contributed by atoms with E-state index in [4.69, 9.17) is 15.2 Å². The fraction of sp³-hybridized carbons (Fsp3) is 0.466. The number of carbonyl (C=O) groups is 3. The molecule has 11 nitrogen and oxygen atoms in total. The van der Waals surface area contributed by atoms with E-state index in [1.807, 2.05) is 87.7 Å². The van der Waals surface area contributed by atoms with Gasteiger partial charge in [-0.15, -0.1) is 0 Å². The van der Waals surface area contributed by atoms with E-state index >= 15 is 0 Å². The molecule has 0 heterocycles. The SMILES string of the molecule is CC(C)(C)OC(=O)N(CC1(CN)CC1)[C@H]1CC1c1ccccc1.CC(C)(C)OC(=O)N(CC1(CNCc2ccccc2F)CC1)[C@H]1CC1c1ccccc1.Fc1ccccc1CNCC1(CN[C@H]2CC2c2ccccc2)CC1.O=Cc1ccccc1F. The topological polar surface area (TPSA) is 138 Å². The quantitative estimate of drug-likeness (QED) is 0.0490. The molecule has 14 heteroatoms. The Kier molecular flexibility index (Phi) is 21.2. The predicted octanol–water partition coefficient (Wildman–Crippen LogP) is 14.5. The highest BCUT2D eigenvalue weighted by molar-refractivity contribution is 5.75. The maximum atomic E-state index is 13.9. The summed E-state index contributed by atoms with van der Waals surface area (Å²) in [6.07, 6.45) is 10.2. The van der Waals surface area contributed by atoms with Gasteiger partial charge in [0, 0.05) is 104 Å². The van der Waals surface area contributed by atoms with Gasteiger partial charge in [-0.3, -0.25) is 4.79 Å². The predicted molar refractivity (Wildman–Crippen MR) is 339 cm³/mol. The molecule has 12 rings (SSSR count). The molecule has 0 aromatic heterocycles. The summed E-state index contributed by atoms with van der Waals surface area (Å²) in [5.41, 5.74) is 11.1. The monoisotopic (exact) mass is 1190 g/mol. The van der Waals surface area contributed by atoms with E-state index < -0.39 is 17.0 Å². The number of benzene rings is 6. The molecule has 6 aliphatic rings. The number of rotatable bonds is 22. The second-order valence-corrected chi connectivity index (χ2v) is 27.3. The van der Waals surface area contributed by atoms with Crippen LogP contribution in [-0.2, 0) is 22.6 Å². The van der Waals surface area contributed by atoms with Crippen molar-refractivity contribution in [2.75, 3.05) is 39.3 Å². The third-order valence-electron chi connectivity index (χ3n) is 17.7. The molecular weight excluding hydrogens is 1100 g/mol. The van der Waals surface area contributed by atoms with Crippen LogP contribution in [0.5, 0.6) is 0 Å². The summed E-state index contributed by atoms with van der Waals surface area (Å²) >= 11 is 0. The van der Waals surface area contributed by atoms with Gasteiger partial charge in [0.25, 0.3) is 0 Å². The fourth-order valence-corrected chi connectivity index (χ4v) is 11.5. The molecule has 0 spiro atoms. The van der Waals surface area contributed by atoms with E-state index in [1.54, 1.807) is 24.3 Å². The highest BCUT2D eigenvalue weighted by Gasteiger charge is 2.53. The summed E-state index contributed by atoms with van der Waals surface area (Å²) in [5.74, 6) is 0.727. The van der Waals surface area contributed by atoms with Crippen molar-refractivity contribution in [3.8, 4) is 0 Å². The van der Waals surface area contributed by atoms with Gasteiger partial charge in [-0.25, -0.2) is 22.8 Å². The number of ether oxygens (including phenoxy) is 2. The van der Waals surface area contributed by atoms with Gasteiger partial charge >= 0.3 is 12.2 Å². The standard InChI is InChI=1S/C26H33FN2O2.C21H25FN2.C19H28N2O2.C7H5FO/c1-25(2,3)31-24(30)29(23-15-21(23)19-9-5-4-6-10-19)18-26(13-14-26)17-28-16-20-11-7-8-12-22(20)27;22-19-9-5-4-8-17(19)13-23-14-21(10-11-21)15-24-20-12-18(20)16-6-2-1-3-7-16;1-18(2,3)23-17(22)21(13-19(12-20)9-10-19)16-11-15(16)14-7-5-4-6-8-14;8-7-4-2-1-3-6(7)5-9/h4-12,21,23,28H,13-18H2,1-3H3;1-9,18,20,23-24H,10-15H2;4-8,15-16H,9-13,20H2,1-3H3;1-5H/t21?,23-;18?,20-;15?,16-;/m000./s1. The lowest BCUT2D eigenvalue weighted by molar-refractivity contribution is 0.0179. The molecule has 5 N–H and O–H groups in total. The third-order valence-corrected chi connectivity index (χ3v) is 17.7. The summed E-state index contributed by atoms with van der Waals surface area (Å²) in [6, 6.07) is 52.4. The van der Waals surface area contributed by atoms with E-state index in [9.17, 15) is 27.6 Å². The highest BCUT2D eigenvalue weighted by atomic mass is 19.1. The Bertz CT molecular complexity index is 3180. The molecule has 87 heavy (non-hydrogen) atoms. The van der Waals surface area contributed by atoms with Gasteiger partial charge in [-0.2, -0.15) is 0 Å². The van der Waals surface area contributed by atoms with Crippen LogP contribution in [0.2, 0.25) is 0 Å². The first-order valence-corrected chi connectivity index (χ1v) is 31.4. The number of carbonyl (C=O) groups excluding carboxylic acids is 3. The summed E-state index contributed by atoms with van der Waals surface area (Å²) in [7, 11) is 0. The van der Waals surface area contributed by atoms with Gasteiger partial charge in [-0.05, 0) is 152 Å². The van der Waals surface area contributed by atoms with Crippen LogP contribution in [0.25, 0.3) is 0 Å². The average Bonchev–Trinajstić information content (AvgIpc) is 1.73. The number of hydrogen-bond acceptors (Lipinski definition) is 9. The van der Waals surface area contributed by atoms with Crippen molar-refractivity contribution < 1.29 is 37.0 Å². The first-order valence-electron chi connectivity index (χ1n) is 31.4. The molecule has 0 aliphatic heterocycles. The van der Waals surface area contributed by atoms with Crippen molar-refractivity contribution in [2.24, 2.45) is 22.0 Å². The molecule has 0 bridgehead atoms. The van der Waals surface area contributed by atoms with Crippen LogP contribution in [0.3, 0.4) is 0 Å². The Balaban J connectivity index is 0.000000146. The van der Waals surface area contributed by atoms with E-state index in [0.29, 0.717) is 67.2 Å². The largest absolute Gasteiger partial charge is 0.444 e. The van der Waals surface area contributed by atoms with Crippen LogP contribution >= 0.6 is 0 Å². The number of hydrogen-bond donors (Lipinski definition) is 4. The van der Waals surface area contributed by atoms with Crippen LogP contribution in [0.1, 0.15) is 155 Å². The number of nitrogens with zero attached hydrogens (tertiary/aromatic N) is 2. The molecule has 6 saturated carbocycles. The minimum absolute atomic E-state index is 0.0476. The van der Waals surface area contributed by atoms with Crippen LogP contribution in [0, 0.1) is 33.7 Å². The minimum atomic E-state index is -0.522. The summed E-state index contributed by atoms with van der Waals surface area (Å²) in [4.78, 5) is 39.7. The number of aldehydes is 1. The Morgan fingerprint density at radius 2 is 0.885 bits per heavy atom. The van der Waals surface area contributed by atoms with E-state index in [1.165, 1.54) is 60.2 Å². The van der Waals surface area contributed by atoms with Gasteiger partial charge in [-0.1, -0.05) is 140 Å². The molecular formula is C73H91F3N6O5. The highest BCUT2D eigenvalue weighted by Crippen LogP contribution is 2.53. The second kappa shape index (κ2) is 28.5. The zero-order chi connectivity index (χ0) is 61.8. The van der Waals surface area contributed by atoms with Crippen molar-refractivity contribution in [3.05, 3.63) is 215 Å². The molecule has 6 fully saturated rings. The Morgan fingerprint density at radius 3 is 1.26 bits per heavy atom. The van der Waals surface area contributed by atoms with Crippen LogP contribution in [-0.4, -0.2) is 96.9 Å². The van der Waals surface area contributed by atoms with Crippen molar-refractivity contribution >= 4 is 18.5 Å². The summed E-state index contributed by atoms with van der Waals surface area (Å²) in [5, 5.41) is 10.6. The van der Waals surface area contributed by atoms with Crippen LogP contribution < -0.4 is 21.7 Å². The molecule has 6 atom stereocenters. The van der Waals surface area contributed by atoms with Gasteiger partial charge in [0.15, 0.2) is 6.29 Å². The second-order valence-electron chi connectivity index (χ2n) is 27.3. The normalized spacial score (nSPS) is 21.7. The lowest BCUT2D eigenvalue weighted by Crippen LogP contribution is -2.44. The van der Waals surface area contributed by atoms with Crippen LogP contribution in [0.15, 0.2) is 164 Å². The Morgan fingerprint density at radius 1 is 0.506 bits per heavy atom. The first kappa shape index (κ1) is 64.6. The molecule has 0 saturated heterocycles. The van der Waals surface area contributed by atoms with E-state index in [0.717, 1.165) is 70.3 Å². The molecule has 6 aromatic rings. The number of nitrogens with one attached hydrogen (secondary N) is 3. The van der Waals surface area contributed by atoms with Crippen molar-refractivity contribution in [1.29, 1.82) is 0 Å². The molecule has 0 radical (unpaired) electrons. The summed E-state index contributed by atoms with van der Waals surface area (Å²) < 4.78 is 51.3. The number of amides is 2. The summed E-state index contributed by atoms with van der Waals surface area (Å²) in [6.45, 7) is 17.5. The molecule has 2 amide bonds. The first-order chi connectivity index (χ1) is 41.7. The number of nitrogens with two attached hydrogens (primary N) is 1. The lowest BCUT2D eigenvalue weighted by Gasteiger charge is -2.31. The lowest BCUT2D eigenvalue weighted by atomic mass is 10.1. The smallest absolute Gasteiger partial charge is 0.410 e. The fourth-order valence-electron chi connectivity index (χ4n) is 11.5. The zero-order valence-electron chi connectivity index (χ0n) is 51.8. The van der Waals surface area contributed by atoms with Crippen molar-refractivity contribution in [1.82, 2.24) is 25.8 Å². The third kappa shape index (κ3) is 19.3. The molecule has 3 unspecified atom stereocenters. The maximum absolute atomic E-state index is 13.9. The molecule has 6 aliphatic carbocycles.